The smallest absolute Gasteiger partial charge is 0.163 e. The highest BCUT2D eigenvalue weighted by Gasteiger charge is 2.10. The summed E-state index contributed by atoms with van der Waals surface area (Å²) < 4.78 is 11.5. The van der Waals surface area contributed by atoms with E-state index in [1.165, 1.54) is 6.08 Å². The highest BCUT2D eigenvalue weighted by atomic mass is 79.9. The number of rotatable bonds is 5. The lowest BCUT2D eigenvalue weighted by atomic mass is 10.1. The van der Waals surface area contributed by atoms with Crippen molar-refractivity contribution in [2.75, 3.05) is 13.2 Å². The van der Waals surface area contributed by atoms with Crippen LogP contribution in [0.25, 0.3) is 6.08 Å². The van der Waals surface area contributed by atoms with Crippen LogP contribution >= 0.6 is 15.9 Å². The quantitative estimate of drug-likeness (QED) is 0.613. The van der Waals surface area contributed by atoms with Crippen LogP contribution in [0, 0.1) is 35.0 Å². The Labute approximate surface area is 126 Å². The largest absolute Gasteiger partial charge is 0.490 e. The van der Waals surface area contributed by atoms with Gasteiger partial charge in [0.25, 0.3) is 0 Å². The van der Waals surface area contributed by atoms with E-state index in [2.05, 4.69) is 21.9 Å². The van der Waals surface area contributed by atoms with Crippen molar-refractivity contribution in [1.29, 1.82) is 10.5 Å². The molecule has 0 radical (unpaired) electrons. The maximum absolute atomic E-state index is 8.79. The third-order valence-corrected chi connectivity index (χ3v) is 2.90. The second-order valence-corrected chi connectivity index (χ2v) is 4.38. The standard InChI is InChI=1S/C15H11BrN2O2/c1-3-5-20-15-8-13(16)12(6-11(9-17)10-18)7-14(15)19-4-2/h1,6-8H,4-5H2,2H3. The molecule has 1 aromatic rings. The van der Waals surface area contributed by atoms with Gasteiger partial charge in [-0.1, -0.05) is 21.9 Å². The first-order chi connectivity index (χ1) is 9.65. The lowest BCUT2D eigenvalue weighted by Gasteiger charge is -2.12. The van der Waals surface area contributed by atoms with Gasteiger partial charge in [-0.2, -0.15) is 10.5 Å². The molecule has 20 heavy (non-hydrogen) atoms. The zero-order chi connectivity index (χ0) is 15.0. The fourth-order valence-corrected chi connectivity index (χ4v) is 1.84. The first-order valence-corrected chi connectivity index (χ1v) is 6.50. The van der Waals surface area contributed by atoms with E-state index < -0.39 is 0 Å². The van der Waals surface area contributed by atoms with E-state index in [1.54, 1.807) is 12.1 Å². The molecule has 0 bridgehead atoms. The normalized spacial score (nSPS) is 8.75. The Kier molecular flexibility index (Phi) is 6.17. The Bertz CT molecular complexity index is 630. The van der Waals surface area contributed by atoms with Gasteiger partial charge in [0.1, 0.15) is 24.3 Å². The number of ether oxygens (including phenoxy) is 2. The van der Waals surface area contributed by atoms with Crippen molar-refractivity contribution in [3.8, 4) is 36.0 Å². The zero-order valence-electron chi connectivity index (χ0n) is 10.8. The second kappa shape index (κ2) is 7.89. The van der Waals surface area contributed by atoms with Gasteiger partial charge in [-0.3, -0.25) is 0 Å². The number of terminal acetylenes is 1. The molecule has 0 saturated heterocycles. The van der Waals surface area contributed by atoms with Crippen molar-refractivity contribution < 1.29 is 9.47 Å². The van der Waals surface area contributed by atoms with Crippen LogP contribution in [0.5, 0.6) is 11.5 Å². The maximum atomic E-state index is 8.79. The van der Waals surface area contributed by atoms with Crippen LogP contribution in [0.2, 0.25) is 0 Å². The predicted octanol–water partition coefficient (Wildman–Crippen LogP) is 3.29. The highest BCUT2D eigenvalue weighted by molar-refractivity contribution is 9.10. The van der Waals surface area contributed by atoms with E-state index in [4.69, 9.17) is 26.4 Å². The minimum absolute atomic E-state index is 0.00504. The molecule has 1 rings (SSSR count). The topological polar surface area (TPSA) is 66.0 Å². The lowest BCUT2D eigenvalue weighted by Crippen LogP contribution is -2.00. The van der Waals surface area contributed by atoms with Crippen LogP contribution in [0.4, 0.5) is 0 Å². The van der Waals surface area contributed by atoms with Crippen molar-refractivity contribution in [3.63, 3.8) is 0 Å². The Morgan fingerprint density at radius 1 is 1.30 bits per heavy atom. The fraction of sp³-hybridized carbons (Fsp3) is 0.200. The molecule has 0 N–H and O–H groups in total. The Morgan fingerprint density at radius 2 is 1.95 bits per heavy atom. The van der Waals surface area contributed by atoms with Crippen molar-refractivity contribution in [1.82, 2.24) is 0 Å². The van der Waals surface area contributed by atoms with Crippen LogP contribution in [0.15, 0.2) is 22.2 Å². The van der Waals surface area contributed by atoms with E-state index in [0.717, 1.165) is 0 Å². The third kappa shape index (κ3) is 4.05. The van der Waals surface area contributed by atoms with Crippen LogP contribution < -0.4 is 9.47 Å². The summed E-state index contributed by atoms with van der Waals surface area (Å²) in [5.41, 5.74) is 0.657. The second-order valence-electron chi connectivity index (χ2n) is 3.53. The molecule has 100 valence electrons. The van der Waals surface area contributed by atoms with Gasteiger partial charge in [0, 0.05) is 4.47 Å². The first-order valence-electron chi connectivity index (χ1n) is 5.70. The van der Waals surface area contributed by atoms with Crippen molar-refractivity contribution in [2.45, 2.75) is 6.92 Å². The Hall–Kier alpha value is -2.42. The minimum atomic E-state index is 0.00504. The molecule has 0 spiro atoms. The lowest BCUT2D eigenvalue weighted by molar-refractivity contribution is 0.299. The molecule has 0 fully saturated rings. The van der Waals surface area contributed by atoms with Crippen molar-refractivity contribution in [2.24, 2.45) is 0 Å². The number of hydrogen-bond donors (Lipinski definition) is 0. The average molecular weight is 331 g/mol. The molecular weight excluding hydrogens is 320 g/mol. The van der Waals surface area contributed by atoms with Crippen molar-refractivity contribution >= 4 is 22.0 Å². The Morgan fingerprint density at radius 3 is 2.50 bits per heavy atom. The number of nitrogens with zero attached hydrogens (tertiary/aromatic N) is 2. The molecule has 1 aromatic carbocycles. The van der Waals surface area contributed by atoms with Crippen LogP contribution in [0.3, 0.4) is 0 Å². The van der Waals surface area contributed by atoms with E-state index in [0.29, 0.717) is 28.1 Å². The first kappa shape index (κ1) is 15.6. The summed E-state index contributed by atoms with van der Waals surface area (Å²) in [4.78, 5) is 0. The number of halogens is 1. The van der Waals surface area contributed by atoms with Gasteiger partial charge in [0.05, 0.1) is 6.61 Å². The molecule has 0 aliphatic carbocycles. The van der Waals surface area contributed by atoms with Gasteiger partial charge < -0.3 is 9.47 Å². The number of nitriles is 2. The number of hydrogen-bond acceptors (Lipinski definition) is 4. The van der Waals surface area contributed by atoms with E-state index >= 15 is 0 Å². The number of allylic oxidation sites excluding steroid dienone is 1. The molecule has 0 aliphatic heterocycles. The average Bonchev–Trinajstić information content (AvgIpc) is 2.46. The van der Waals surface area contributed by atoms with Gasteiger partial charge in [0.15, 0.2) is 11.5 Å². The van der Waals surface area contributed by atoms with Crippen molar-refractivity contribution in [3.05, 3.63) is 27.7 Å². The summed E-state index contributed by atoms with van der Waals surface area (Å²) in [7, 11) is 0. The summed E-state index contributed by atoms with van der Waals surface area (Å²) in [6.45, 7) is 2.43. The van der Waals surface area contributed by atoms with E-state index in [-0.39, 0.29) is 12.2 Å². The zero-order valence-corrected chi connectivity index (χ0v) is 12.4. The summed E-state index contributed by atoms with van der Waals surface area (Å²) in [6, 6.07) is 7.00. The summed E-state index contributed by atoms with van der Waals surface area (Å²) in [6.07, 6.45) is 6.63. The van der Waals surface area contributed by atoms with Crippen LogP contribution in [0.1, 0.15) is 12.5 Å². The predicted molar refractivity (Wildman–Crippen MR) is 78.8 cm³/mol. The van der Waals surface area contributed by atoms with Gasteiger partial charge >= 0.3 is 0 Å². The van der Waals surface area contributed by atoms with Gasteiger partial charge in [-0.15, -0.1) is 6.42 Å². The summed E-state index contributed by atoms with van der Waals surface area (Å²) in [5.74, 6) is 3.39. The molecule has 0 atom stereocenters. The molecule has 0 heterocycles. The van der Waals surface area contributed by atoms with E-state index in [9.17, 15) is 0 Å². The van der Waals surface area contributed by atoms with Crippen LogP contribution in [-0.2, 0) is 0 Å². The minimum Gasteiger partial charge on any atom is -0.490 e. The molecule has 0 amide bonds. The van der Waals surface area contributed by atoms with Crippen LogP contribution in [-0.4, -0.2) is 13.2 Å². The van der Waals surface area contributed by atoms with E-state index in [1.807, 2.05) is 19.1 Å². The fourth-order valence-electron chi connectivity index (χ4n) is 1.41. The molecule has 0 saturated carbocycles. The van der Waals surface area contributed by atoms with Gasteiger partial charge in [-0.05, 0) is 30.7 Å². The molecular formula is C15H11BrN2O2. The molecule has 4 nitrogen and oxygen atoms in total. The highest BCUT2D eigenvalue weighted by Crippen LogP contribution is 2.34. The van der Waals surface area contributed by atoms with Gasteiger partial charge in [-0.25, -0.2) is 0 Å². The monoisotopic (exact) mass is 330 g/mol. The molecule has 5 heteroatoms. The number of benzene rings is 1. The molecule has 0 aromatic heterocycles. The summed E-state index contributed by atoms with van der Waals surface area (Å²) in [5, 5.41) is 17.6. The maximum Gasteiger partial charge on any atom is 0.163 e. The Balaban J connectivity index is 3.27. The summed E-state index contributed by atoms with van der Waals surface area (Å²) >= 11 is 3.36. The SMILES string of the molecule is C#CCOc1cc(Br)c(C=C(C#N)C#N)cc1OCC. The molecule has 0 unspecified atom stereocenters. The third-order valence-electron chi connectivity index (χ3n) is 2.21. The molecule has 0 aliphatic rings. The van der Waals surface area contributed by atoms with Gasteiger partial charge in [0.2, 0.25) is 0 Å².